The number of hydrogen-bond acceptors (Lipinski definition) is 6. The molecule has 0 unspecified atom stereocenters. The highest BCUT2D eigenvalue weighted by Crippen LogP contribution is 2.34. The number of hydrogen-bond donors (Lipinski definition) is 3. The largest absolute Gasteiger partial charge is 0.339 e. The third-order valence-corrected chi connectivity index (χ3v) is 8.30. The molecular formula is C28H30N6O3S. The Kier molecular flexibility index (Phi) is 7.41. The third-order valence-electron chi connectivity index (χ3n) is 6.48. The molecule has 196 valence electrons. The number of nitrogens with zero attached hydrogens (tertiary/aromatic N) is 3. The third kappa shape index (κ3) is 5.40. The number of fused-ring (bicyclic) bond motifs is 2. The van der Waals surface area contributed by atoms with E-state index in [9.17, 15) is 13.2 Å². The van der Waals surface area contributed by atoms with E-state index in [1.165, 1.54) is 10.4 Å². The highest BCUT2D eigenvalue weighted by Gasteiger charge is 2.30. The van der Waals surface area contributed by atoms with Gasteiger partial charge in [-0.25, -0.2) is 18.2 Å². The number of pyridine rings is 1. The molecule has 9 nitrogen and oxygen atoms in total. The number of anilines is 2. The number of unbranched alkanes of at least 4 members (excludes halogenated alkanes) is 1. The number of carbonyl (C=O) groups is 1. The number of amides is 2. The average molecular weight is 531 g/mol. The molecule has 38 heavy (non-hydrogen) atoms. The monoisotopic (exact) mass is 530 g/mol. The van der Waals surface area contributed by atoms with Crippen molar-refractivity contribution in [1.29, 1.82) is 0 Å². The Morgan fingerprint density at radius 3 is 2.79 bits per heavy atom. The number of sulfonamides is 1. The second-order valence-corrected chi connectivity index (χ2v) is 11.0. The molecule has 0 bridgehead atoms. The highest BCUT2D eigenvalue weighted by atomic mass is 32.2. The van der Waals surface area contributed by atoms with Gasteiger partial charge in [0.2, 0.25) is 0 Å². The van der Waals surface area contributed by atoms with E-state index in [0.717, 1.165) is 40.6 Å². The van der Waals surface area contributed by atoms with Crippen molar-refractivity contribution in [2.45, 2.75) is 37.5 Å². The summed E-state index contributed by atoms with van der Waals surface area (Å²) in [6, 6.07) is 16.0. The van der Waals surface area contributed by atoms with Crippen LogP contribution in [0.3, 0.4) is 0 Å². The van der Waals surface area contributed by atoms with Crippen LogP contribution in [-0.4, -0.2) is 43.0 Å². The van der Waals surface area contributed by atoms with Gasteiger partial charge in [0.15, 0.2) is 0 Å². The van der Waals surface area contributed by atoms with Gasteiger partial charge in [-0.15, -0.1) is 0 Å². The molecule has 2 aliphatic rings. The average Bonchev–Trinajstić information content (AvgIpc) is 2.93. The summed E-state index contributed by atoms with van der Waals surface area (Å²) >= 11 is 0. The molecule has 3 N–H and O–H groups in total. The summed E-state index contributed by atoms with van der Waals surface area (Å²) in [5.74, 6) is 0.697. The molecule has 1 aromatic heterocycles. The lowest BCUT2D eigenvalue weighted by atomic mass is 9.97. The first kappa shape index (κ1) is 25.5. The summed E-state index contributed by atoms with van der Waals surface area (Å²) in [6.45, 7) is 2.82. The number of carbonyl (C=O) groups excluding carboxylic acids is 1. The van der Waals surface area contributed by atoms with Gasteiger partial charge < -0.3 is 16.0 Å². The van der Waals surface area contributed by atoms with Crippen molar-refractivity contribution < 1.29 is 13.2 Å². The van der Waals surface area contributed by atoms with Crippen LogP contribution >= 0.6 is 0 Å². The predicted molar refractivity (Wildman–Crippen MR) is 150 cm³/mol. The van der Waals surface area contributed by atoms with Crippen molar-refractivity contribution in [2.75, 3.05) is 23.7 Å². The maximum Gasteiger partial charge on any atom is 0.319 e. The Labute approximate surface area is 222 Å². The smallest absolute Gasteiger partial charge is 0.319 e. The van der Waals surface area contributed by atoms with Crippen LogP contribution in [0.2, 0.25) is 0 Å². The Morgan fingerprint density at radius 2 is 1.92 bits per heavy atom. The minimum absolute atomic E-state index is 0.0555. The van der Waals surface area contributed by atoms with Crippen LogP contribution in [0.4, 0.5) is 16.2 Å². The van der Waals surface area contributed by atoms with Gasteiger partial charge in [-0.2, -0.15) is 0 Å². The van der Waals surface area contributed by atoms with Gasteiger partial charge in [0.1, 0.15) is 10.7 Å². The molecule has 5 rings (SSSR count). The number of rotatable bonds is 8. The lowest BCUT2D eigenvalue weighted by Gasteiger charge is -2.30. The van der Waals surface area contributed by atoms with Crippen LogP contribution in [0.1, 0.15) is 32.6 Å². The molecule has 0 spiro atoms. The zero-order chi connectivity index (χ0) is 26.5. The molecule has 10 heteroatoms. The van der Waals surface area contributed by atoms with Gasteiger partial charge in [0.05, 0.1) is 23.1 Å². The standard InChI is InChI=1S/C28H30N6O3S/c1-2-3-14-30-28(35)33-25-10-6-7-11-26(25)38(36,37)34-16-13-23-21(19-34)12-15-29-27(23)32-22-17-20-8-4-5-9-24(20)31-18-22/h4-11,15,17-19,32H,2-3,12-14,16H2,1H3,(H2,30,33,35). The van der Waals surface area contributed by atoms with Gasteiger partial charge >= 0.3 is 6.03 Å². The molecular weight excluding hydrogens is 500 g/mol. The lowest BCUT2D eigenvalue weighted by molar-refractivity contribution is 0.252. The summed E-state index contributed by atoms with van der Waals surface area (Å²) in [5, 5.41) is 9.84. The first-order valence-electron chi connectivity index (χ1n) is 12.7. The first-order valence-corrected chi connectivity index (χ1v) is 14.1. The van der Waals surface area contributed by atoms with Gasteiger partial charge in [-0.3, -0.25) is 9.29 Å². The molecule has 0 fully saturated rings. The predicted octanol–water partition coefficient (Wildman–Crippen LogP) is 5.23. The van der Waals surface area contributed by atoms with Crippen LogP contribution in [0.15, 0.2) is 93.8 Å². The summed E-state index contributed by atoms with van der Waals surface area (Å²) < 4.78 is 28.7. The quantitative estimate of drug-likeness (QED) is 0.345. The van der Waals surface area contributed by atoms with E-state index < -0.39 is 16.1 Å². The normalized spacial score (nSPS) is 15.2. The topological polar surface area (TPSA) is 116 Å². The van der Waals surface area contributed by atoms with Crippen molar-refractivity contribution in [3.05, 3.63) is 84.0 Å². The number of para-hydroxylation sites is 2. The number of benzene rings is 2. The van der Waals surface area contributed by atoms with Crippen molar-refractivity contribution >= 4 is 44.5 Å². The summed E-state index contributed by atoms with van der Waals surface area (Å²) in [6.07, 6.45) is 8.05. The van der Waals surface area contributed by atoms with E-state index in [2.05, 4.69) is 25.9 Å². The summed E-state index contributed by atoms with van der Waals surface area (Å²) in [5.41, 5.74) is 3.84. The molecule has 0 saturated carbocycles. The maximum atomic E-state index is 13.7. The van der Waals surface area contributed by atoms with Crippen LogP contribution in [-0.2, 0) is 10.0 Å². The Bertz CT molecular complexity index is 1560. The number of urea groups is 1. The number of aliphatic imine (C=N–C) groups is 1. The van der Waals surface area contributed by atoms with Gasteiger partial charge in [0.25, 0.3) is 10.0 Å². The van der Waals surface area contributed by atoms with Gasteiger partial charge in [-0.05, 0) is 42.7 Å². The molecule has 0 aliphatic carbocycles. The number of aromatic nitrogens is 1. The first-order chi connectivity index (χ1) is 18.5. The molecule has 3 heterocycles. The minimum atomic E-state index is -3.90. The van der Waals surface area contributed by atoms with Gasteiger partial charge in [0, 0.05) is 42.9 Å². The molecule has 0 atom stereocenters. The summed E-state index contributed by atoms with van der Waals surface area (Å²) in [7, 11) is -3.90. The zero-order valence-corrected chi connectivity index (χ0v) is 22.0. The van der Waals surface area contributed by atoms with E-state index in [1.54, 1.807) is 36.8 Å². The van der Waals surface area contributed by atoms with Crippen LogP contribution in [0.25, 0.3) is 10.9 Å². The second-order valence-electron chi connectivity index (χ2n) is 9.14. The highest BCUT2D eigenvalue weighted by molar-refractivity contribution is 7.89. The van der Waals surface area contributed by atoms with Crippen molar-refractivity contribution in [2.24, 2.45) is 4.99 Å². The lowest BCUT2D eigenvalue weighted by Crippen LogP contribution is -2.34. The van der Waals surface area contributed by atoms with Gasteiger partial charge in [-0.1, -0.05) is 43.7 Å². The minimum Gasteiger partial charge on any atom is -0.339 e. The SMILES string of the molecule is CCCCNC(=O)Nc1ccccc1S(=O)(=O)N1C=C2CC=NC(Nc3cnc4ccccc4c3)=C2CC1. The zero-order valence-electron chi connectivity index (χ0n) is 21.1. The molecule has 0 saturated heterocycles. The fraction of sp³-hybridized carbons (Fsp3) is 0.250. The fourth-order valence-corrected chi connectivity index (χ4v) is 6.00. The molecule has 2 amide bonds. The van der Waals surface area contributed by atoms with Crippen LogP contribution < -0.4 is 16.0 Å². The van der Waals surface area contributed by atoms with Crippen LogP contribution in [0.5, 0.6) is 0 Å². The Hall–Kier alpha value is -4.18. The molecule has 2 aromatic carbocycles. The Balaban J connectivity index is 1.38. The number of allylic oxidation sites excluding steroid dienone is 1. The molecule has 2 aliphatic heterocycles. The summed E-state index contributed by atoms with van der Waals surface area (Å²) in [4.78, 5) is 21.4. The second kappa shape index (κ2) is 11.1. The van der Waals surface area contributed by atoms with E-state index in [-0.39, 0.29) is 17.1 Å². The molecule has 0 radical (unpaired) electrons. The van der Waals surface area contributed by atoms with E-state index in [0.29, 0.717) is 25.2 Å². The van der Waals surface area contributed by atoms with Crippen molar-refractivity contribution in [1.82, 2.24) is 14.6 Å². The van der Waals surface area contributed by atoms with E-state index >= 15 is 0 Å². The van der Waals surface area contributed by atoms with E-state index in [4.69, 9.17) is 0 Å². The molecule has 3 aromatic rings. The number of nitrogens with one attached hydrogen (secondary N) is 3. The van der Waals surface area contributed by atoms with E-state index in [1.807, 2.05) is 37.3 Å². The van der Waals surface area contributed by atoms with Crippen molar-refractivity contribution in [3.8, 4) is 0 Å². The fourth-order valence-electron chi connectivity index (χ4n) is 4.50. The Morgan fingerprint density at radius 1 is 1.11 bits per heavy atom. The maximum absolute atomic E-state index is 13.7. The van der Waals surface area contributed by atoms with Crippen LogP contribution in [0, 0.1) is 0 Å². The van der Waals surface area contributed by atoms with Crippen molar-refractivity contribution in [3.63, 3.8) is 0 Å².